The van der Waals surface area contributed by atoms with Crippen LogP contribution in [0.25, 0.3) is 0 Å². The van der Waals surface area contributed by atoms with Crippen molar-refractivity contribution in [1.82, 2.24) is 5.32 Å². The lowest BCUT2D eigenvalue weighted by atomic mass is 10.2. The molecule has 5 nitrogen and oxygen atoms in total. The van der Waals surface area contributed by atoms with Gasteiger partial charge < -0.3 is 19.5 Å². The average molecular weight is 253 g/mol. The monoisotopic (exact) mass is 253 g/mol. The molecule has 1 amide bonds. The second-order valence-electron chi connectivity index (χ2n) is 3.67. The molecule has 18 heavy (non-hydrogen) atoms. The Balaban J connectivity index is 2.84. The molecule has 1 aromatic carbocycles. The van der Waals surface area contributed by atoms with Crippen molar-refractivity contribution in [3.63, 3.8) is 0 Å². The Hall–Kier alpha value is -1.75. The fourth-order valence-corrected chi connectivity index (χ4v) is 1.39. The first-order valence-electron chi connectivity index (χ1n) is 5.80. The van der Waals surface area contributed by atoms with E-state index >= 15 is 0 Å². The van der Waals surface area contributed by atoms with Crippen molar-refractivity contribution < 1.29 is 19.0 Å². The summed E-state index contributed by atoms with van der Waals surface area (Å²) in [6, 6.07) is 5.04. The summed E-state index contributed by atoms with van der Waals surface area (Å²) in [6.45, 7) is 2.76. The number of benzene rings is 1. The van der Waals surface area contributed by atoms with E-state index in [9.17, 15) is 4.79 Å². The largest absolute Gasteiger partial charge is 0.493 e. The zero-order chi connectivity index (χ0) is 13.4. The molecule has 5 heteroatoms. The molecular formula is C13H19NO4. The highest BCUT2D eigenvalue weighted by atomic mass is 16.7. The van der Waals surface area contributed by atoms with Gasteiger partial charge in [-0.25, -0.2) is 0 Å². The molecule has 0 saturated heterocycles. The van der Waals surface area contributed by atoms with E-state index in [1.165, 1.54) is 7.11 Å². The topological polar surface area (TPSA) is 56.8 Å². The summed E-state index contributed by atoms with van der Waals surface area (Å²) < 4.78 is 15.3. The van der Waals surface area contributed by atoms with Crippen LogP contribution in [0.15, 0.2) is 18.2 Å². The predicted octanol–water partition coefficient (Wildman–Crippen LogP) is 1.82. The molecule has 0 atom stereocenters. The molecule has 0 aromatic heterocycles. The van der Waals surface area contributed by atoms with Gasteiger partial charge in [0, 0.05) is 19.2 Å². The Morgan fingerprint density at radius 3 is 2.67 bits per heavy atom. The third kappa shape index (κ3) is 3.92. The maximum atomic E-state index is 11.8. The van der Waals surface area contributed by atoms with Crippen LogP contribution in [0.2, 0.25) is 0 Å². The Bertz CT molecular complexity index is 393. The summed E-state index contributed by atoms with van der Waals surface area (Å²) in [6.07, 6.45) is 0.898. The second kappa shape index (κ2) is 7.55. The molecule has 0 bridgehead atoms. The van der Waals surface area contributed by atoms with E-state index in [-0.39, 0.29) is 12.7 Å². The number of ether oxygens (including phenoxy) is 3. The van der Waals surface area contributed by atoms with Crippen molar-refractivity contribution in [2.75, 3.05) is 27.6 Å². The smallest absolute Gasteiger partial charge is 0.251 e. The van der Waals surface area contributed by atoms with Gasteiger partial charge in [0.15, 0.2) is 18.3 Å². The maximum absolute atomic E-state index is 11.8. The number of carbonyl (C=O) groups is 1. The van der Waals surface area contributed by atoms with Crippen LogP contribution in [-0.4, -0.2) is 33.5 Å². The van der Waals surface area contributed by atoms with Gasteiger partial charge in [0.2, 0.25) is 0 Å². The summed E-state index contributed by atoms with van der Waals surface area (Å²) in [5.74, 6) is 0.935. The maximum Gasteiger partial charge on any atom is 0.251 e. The molecule has 0 fully saturated rings. The Kier molecular flexibility index (Phi) is 6.00. The zero-order valence-corrected chi connectivity index (χ0v) is 11.0. The van der Waals surface area contributed by atoms with Crippen LogP contribution < -0.4 is 14.8 Å². The highest BCUT2D eigenvalue weighted by Crippen LogP contribution is 2.28. The van der Waals surface area contributed by atoms with Gasteiger partial charge in [-0.05, 0) is 24.6 Å². The molecule has 0 aliphatic rings. The SMILES string of the molecule is CCCNC(=O)c1ccc(OC)c(OCOC)c1. The van der Waals surface area contributed by atoms with Crippen LogP contribution >= 0.6 is 0 Å². The fraction of sp³-hybridized carbons (Fsp3) is 0.462. The van der Waals surface area contributed by atoms with Crippen molar-refractivity contribution in [3.8, 4) is 11.5 Å². The summed E-state index contributed by atoms with van der Waals surface area (Å²) in [5.41, 5.74) is 0.537. The number of methoxy groups -OCH3 is 2. The first kappa shape index (κ1) is 14.3. The van der Waals surface area contributed by atoms with Crippen LogP contribution in [0.4, 0.5) is 0 Å². The van der Waals surface area contributed by atoms with E-state index in [4.69, 9.17) is 14.2 Å². The average Bonchev–Trinajstić information content (AvgIpc) is 2.42. The first-order chi connectivity index (χ1) is 8.72. The summed E-state index contributed by atoms with van der Waals surface area (Å²) >= 11 is 0. The van der Waals surface area contributed by atoms with Crippen molar-refractivity contribution in [2.24, 2.45) is 0 Å². The van der Waals surface area contributed by atoms with E-state index < -0.39 is 0 Å². The van der Waals surface area contributed by atoms with Crippen molar-refractivity contribution in [1.29, 1.82) is 0 Å². The molecule has 0 aliphatic carbocycles. The number of hydrogen-bond acceptors (Lipinski definition) is 4. The summed E-state index contributed by atoms with van der Waals surface area (Å²) in [4.78, 5) is 11.8. The van der Waals surface area contributed by atoms with Crippen LogP contribution in [-0.2, 0) is 4.74 Å². The standard InChI is InChI=1S/C13H19NO4/c1-4-7-14-13(15)10-5-6-11(17-3)12(8-10)18-9-16-2/h5-6,8H,4,7,9H2,1-3H3,(H,14,15). The molecule has 0 radical (unpaired) electrons. The van der Waals surface area contributed by atoms with Gasteiger partial charge in [0.25, 0.3) is 5.91 Å². The lowest BCUT2D eigenvalue weighted by Gasteiger charge is -2.11. The minimum Gasteiger partial charge on any atom is -0.493 e. The number of carbonyl (C=O) groups excluding carboxylic acids is 1. The van der Waals surface area contributed by atoms with Crippen molar-refractivity contribution in [2.45, 2.75) is 13.3 Å². The Labute approximate surface area is 107 Å². The summed E-state index contributed by atoms with van der Waals surface area (Å²) in [5, 5.41) is 2.80. The third-order valence-electron chi connectivity index (χ3n) is 2.29. The lowest BCUT2D eigenvalue weighted by Crippen LogP contribution is -2.23. The fourth-order valence-electron chi connectivity index (χ4n) is 1.39. The minimum atomic E-state index is -0.123. The van der Waals surface area contributed by atoms with Crippen LogP contribution in [0.3, 0.4) is 0 Å². The molecule has 100 valence electrons. The van der Waals surface area contributed by atoms with E-state index in [0.717, 1.165) is 6.42 Å². The lowest BCUT2D eigenvalue weighted by molar-refractivity contribution is 0.0490. The molecule has 1 aromatic rings. The molecular weight excluding hydrogens is 234 g/mol. The Morgan fingerprint density at radius 2 is 2.06 bits per heavy atom. The normalized spacial score (nSPS) is 9.94. The molecule has 0 unspecified atom stereocenters. The van der Waals surface area contributed by atoms with Crippen LogP contribution in [0.1, 0.15) is 23.7 Å². The molecule has 1 rings (SSSR count). The number of amides is 1. The molecule has 0 aliphatic heterocycles. The van der Waals surface area contributed by atoms with Gasteiger partial charge in [-0.3, -0.25) is 4.79 Å². The second-order valence-corrected chi connectivity index (χ2v) is 3.67. The Morgan fingerprint density at radius 1 is 1.28 bits per heavy atom. The summed E-state index contributed by atoms with van der Waals surface area (Å²) in [7, 11) is 3.08. The minimum absolute atomic E-state index is 0.108. The van der Waals surface area contributed by atoms with Gasteiger partial charge in [0.1, 0.15) is 0 Å². The van der Waals surface area contributed by atoms with Crippen molar-refractivity contribution >= 4 is 5.91 Å². The van der Waals surface area contributed by atoms with Crippen LogP contribution in [0.5, 0.6) is 11.5 Å². The number of hydrogen-bond donors (Lipinski definition) is 1. The predicted molar refractivity (Wildman–Crippen MR) is 68.1 cm³/mol. The van der Waals surface area contributed by atoms with E-state index in [0.29, 0.717) is 23.6 Å². The highest BCUT2D eigenvalue weighted by Gasteiger charge is 2.10. The molecule has 1 N–H and O–H groups in total. The number of rotatable bonds is 7. The first-order valence-corrected chi connectivity index (χ1v) is 5.80. The van der Waals surface area contributed by atoms with E-state index in [2.05, 4.69) is 5.32 Å². The number of nitrogens with one attached hydrogen (secondary N) is 1. The molecule has 0 heterocycles. The third-order valence-corrected chi connectivity index (χ3v) is 2.29. The zero-order valence-electron chi connectivity index (χ0n) is 11.0. The van der Waals surface area contributed by atoms with Gasteiger partial charge in [-0.15, -0.1) is 0 Å². The van der Waals surface area contributed by atoms with Gasteiger partial charge >= 0.3 is 0 Å². The highest BCUT2D eigenvalue weighted by molar-refractivity contribution is 5.94. The van der Waals surface area contributed by atoms with Gasteiger partial charge in [-0.2, -0.15) is 0 Å². The van der Waals surface area contributed by atoms with Crippen LogP contribution in [0, 0.1) is 0 Å². The van der Waals surface area contributed by atoms with E-state index in [1.54, 1.807) is 25.3 Å². The van der Waals surface area contributed by atoms with E-state index in [1.807, 2.05) is 6.92 Å². The van der Waals surface area contributed by atoms with Gasteiger partial charge in [0.05, 0.1) is 7.11 Å². The quantitative estimate of drug-likeness (QED) is 0.753. The van der Waals surface area contributed by atoms with Crippen molar-refractivity contribution in [3.05, 3.63) is 23.8 Å². The molecule has 0 spiro atoms. The van der Waals surface area contributed by atoms with Gasteiger partial charge in [-0.1, -0.05) is 6.92 Å². The molecule has 0 saturated carbocycles.